The molecule has 3 nitrogen and oxygen atoms in total. The average molecular weight is 296 g/mol. The summed E-state index contributed by atoms with van der Waals surface area (Å²) in [5, 5.41) is 3.88. The summed E-state index contributed by atoms with van der Waals surface area (Å²) >= 11 is 0. The molecule has 1 saturated carbocycles. The standard InChI is InChI=1S/C18H36N2O/c1-5-18(4,20-10-12-21-13-11-20)17(19-6-2)16-9-7-8-15(3)14-16/h15-17,19H,5-14H2,1-4H3. The predicted octanol–water partition coefficient (Wildman–Crippen LogP) is 3.29. The molecule has 3 heteroatoms. The fourth-order valence-corrected chi connectivity index (χ4v) is 4.61. The number of ether oxygens (including phenoxy) is 1. The number of nitrogens with zero attached hydrogens (tertiary/aromatic N) is 1. The monoisotopic (exact) mass is 296 g/mol. The Kier molecular flexibility index (Phi) is 6.51. The maximum atomic E-state index is 5.58. The van der Waals surface area contributed by atoms with Gasteiger partial charge in [0, 0.05) is 24.7 Å². The first kappa shape index (κ1) is 17.2. The third-order valence-electron chi connectivity index (χ3n) is 5.99. The SMILES string of the molecule is CCNC(C1CCCC(C)C1)C(C)(CC)N1CCOCC1. The largest absolute Gasteiger partial charge is 0.379 e. The van der Waals surface area contributed by atoms with Gasteiger partial charge in [-0.2, -0.15) is 0 Å². The lowest BCUT2D eigenvalue weighted by molar-refractivity contribution is -0.0450. The number of hydrogen-bond acceptors (Lipinski definition) is 3. The Morgan fingerprint density at radius 3 is 2.52 bits per heavy atom. The molecule has 4 unspecified atom stereocenters. The van der Waals surface area contributed by atoms with Crippen molar-refractivity contribution in [2.75, 3.05) is 32.8 Å². The van der Waals surface area contributed by atoms with Gasteiger partial charge in [0.05, 0.1) is 13.2 Å². The molecule has 1 N–H and O–H groups in total. The molecule has 0 aromatic heterocycles. The van der Waals surface area contributed by atoms with E-state index in [0.29, 0.717) is 6.04 Å². The molecule has 21 heavy (non-hydrogen) atoms. The van der Waals surface area contributed by atoms with Gasteiger partial charge in [-0.25, -0.2) is 0 Å². The smallest absolute Gasteiger partial charge is 0.0594 e. The van der Waals surface area contributed by atoms with Gasteiger partial charge in [0.15, 0.2) is 0 Å². The maximum Gasteiger partial charge on any atom is 0.0594 e. The molecule has 4 atom stereocenters. The summed E-state index contributed by atoms with van der Waals surface area (Å²) in [5.41, 5.74) is 0.265. The Balaban J connectivity index is 2.15. The Labute approximate surface area is 131 Å². The van der Waals surface area contributed by atoms with Crippen LogP contribution in [0.4, 0.5) is 0 Å². The highest BCUT2D eigenvalue weighted by molar-refractivity contribution is 5.01. The number of nitrogens with one attached hydrogen (secondary N) is 1. The second-order valence-corrected chi connectivity index (χ2v) is 7.38. The summed E-state index contributed by atoms with van der Waals surface area (Å²) in [6.45, 7) is 14.6. The topological polar surface area (TPSA) is 24.5 Å². The van der Waals surface area contributed by atoms with E-state index in [4.69, 9.17) is 4.74 Å². The summed E-state index contributed by atoms with van der Waals surface area (Å²) in [6.07, 6.45) is 6.86. The lowest BCUT2D eigenvalue weighted by atomic mass is 9.71. The third kappa shape index (κ3) is 4.00. The van der Waals surface area contributed by atoms with Crippen molar-refractivity contribution >= 4 is 0 Å². The van der Waals surface area contributed by atoms with Gasteiger partial charge in [-0.05, 0) is 44.6 Å². The van der Waals surface area contributed by atoms with E-state index in [0.717, 1.165) is 44.7 Å². The van der Waals surface area contributed by atoms with Crippen molar-refractivity contribution in [2.45, 2.75) is 71.4 Å². The number of likely N-dealkylation sites (N-methyl/N-ethyl adjacent to an activating group) is 1. The van der Waals surface area contributed by atoms with Crippen LogP contribution >= 0.6 is 0 Å². The fourth-order valence-electron chi connectivity index (χ4n) is 4.61. The lowest BCUT2D eigenvalue weighted by Gasteiger charge is -2.51. The second-order valence-electron chi connectivity index (χ2n) is 7.38. The van der Waals surface area contributed by atoms with Gasteiger partial charge in [-0.3, -0.25) is 4.90 Å². The van der Waals surface area contributed by atoms with E-state index in [1.807, 2.05) is 0 Å². The summed E-state index contributed by atoms with van der Waals surface area (Å²) in [6, 6.07) is 0.619. The molecule has 124 valence electrons. The Morgan fingerprint density at radius 1 is 1.24 bits per heavy atom. The molecule has 0 radical (unpaired) electrons. The molecule has 0 bridgehead atoms. The minimum absolute atomic E-state index is 0.265. The van der Waals surface area contributed by atoms with Gasteiger partial charge < -0.3 is 10.1 Å². The van der Waals surface area contributed by atoms with Crippen molar-refractivity contribution in [3.63, 3.8) is 0 Å². The zero-order valence-electron chi connectivity index (χ0n) is 14.7. The predicted molar refractivity (Wildman–Crippen MR) is 89.7 cm³/mol. The van der Waals surface area contributed by atoms with E-state index in [9.17, 15) is 0 Å². The summed E-state index contributed by atoms with van der Waals surface area (Å²) in [4.78, 5) is 2.70. The Bertz CT molecular complexity index is 304. The second kappa shape index (κ2) is 7.94. The first-order valence-electron chi connectivity index (χ1n) is 9.18. The van der Waals surface area contributed by atoms with Crippen LogP contribution in [0, 0.1) is 11.8 Å². The van der Waals surface area contributed by atoms with E-state index in [1.54, 1.807) is 0 Å². The molecule has 2 rings (SSSR count). The lowest BCUT2D eigenvalue weighted by Crippen LogP contribution is -2.64. The van der Waals surface area contributed by atoms with Crippen molar-refractivity contribution in [3.05, 3.63) is 0 Å². The molecule has 1 heterocycles. The Hall–Kier alpha value is -0.120. The molecule has 2 aliphatic rings. The van der Waals surface area contributed by atoms with Crippen molar-refractivity contribution in [2.24, 2.45) is 11.8 Å². The van der Waals surface area contributed by atoms with Crippen LogP contribution in [0.3, 0.4) is 0 Å². The quantitative estimate of drug-likeness (QED) is 0.814. The van der Waals surface area contributed by atoms with Crippen molar-refractivity contribution < 1.29 is 4.74 Å². The van der Waals surface area contributed by atoms with Crippen LogP contribution in [0.1, 0.15) is 59.8 Å². The van der Waals surface area contributed by atoms with E-state index in [-0.39, 0.29) is 5.54 Å². The van der Waals surface area contributed by atoms with E-state index < -0.39 is 0 Å². The number of morpholine rings is 1. The van der Waals surface area contributed by atoms with Crippen molar-refractivity contribution in [1.29, 1.82) is 0 Å². The van der Waals surface area contributed by atoms with Gasteiger partial charge in [-0.1, -0.05) is 33.6 Å². The minimum Gasteiger partial charge on any atom is -0.379 e. The van der Waals surface area contributed by atoms with Crippen LogP contribution in [0.5, 0.6) is 0 Å². The highest BCUT2D eigenvalue weighted by Crippen LogP contribution is 2.37. The molecular weight excluding hydrogens is 260 g/mol. The van der Waals surface area contributed by atoms with Crippen LogP contribution in [0.2, 0.25) is 0 Å². The van der Waals surface area contributed by atoms with Crippen molar-refractivity contribution in [3.8, 4) is 0 Å². The van der Waals surface area contributed by atoms with E-state index in [1.165, 1.54) is 32.1 Å². The van der Waals surface area contributed by atoms with Crippen LogP contribution < -0.4 is 5.32 Å². The van der Waals surface area contributed by atoms with Gasteiger partial charge in [0.2, 0.25) is 0 Å². The normalized spacial score (nSPS) is 32.6. The van der Waals surface area contributed by atoms with E-state index >= 15 is 0 Å². The third-order valence-corrected chi connectivity index (χ3v) is 5.99. The fraction of sp³-hybridized carbons (Fsp3) is 1.00. The molecule has 0 amide bonds. The molecule has 1 aliphatic heterocycles. The molecule has 1 aliphatic carbocycles. The van der Waals surface area contributed by atoms with Crippen molar-refractivity contribution in [1.82, 2.24) is 10.2 Å². The summed E-state index contributed by atoms with van der Waals surface area (Å²) < 4.78 is 5.58. The highest BCUT2D eigenvalue weighted by atomic mass is 16.5. The maximum absolute atomic E-state index is 5.58. The van der Waals surface area contributed by atoms with Crippen LogP contribution in [-0.4, -0.2) is 49.3 Å². The zero-order valence-corrected chi connectivity index (χ0v) is 14.7. The van der Waals surface area contributed by atoms with Gasteiger partial charge >= 0.3 is 0 Å². The summed E-state index contributed by atoms with van der Waals surface area (Å²) in [5.74, 6) is 1.73. The average Bonchev–Trinajstić information content (AvgIpc) is 2.52. The van der Waals surface area contributed by atoms with Gasteiger partial charge in [0.1, 0.15) is 0 Å². The van der Waals surface area contributed by atoms with Gasteiger partial charge in [-0.15, -0.1) is 0 Å². The van der Waals surface area contributed by atoms with Crippen LogP contribution in [0.25, 0.3) is 0 Å². The van der Waals surface area contributed by atoms with Gasteiger partial charge in [0.25, 0.3) is 0 Å². The zero-order chi connectivity index (χ0) is 15.3. The van der Waals surface area contributed by atoms with Crippen LogP contribution in [0.15, 0.2) is 0 Å². The number of rotatable bonds is 6. The molecule has 0 spiro atoms. The summed E-state index contributed by atoms with van der Waals surface area (Å²) in [7, 11) is 0. The molecule has 0 aromatic rings. The van der Waals surface area contributed by atoms with E-state index in [2.05, 4.69) is 37.9 Å². The first-order chi connectivity index (χ1) is 10.1. The molecule has 1 saturated heterocycles. The Morgan fingerprint density at radius 2 is 1.95 bits per heavy atom. The van der Waals surface area contributed by atoms with Crippen LogP contribution in [-0.2, 0) is 4.74 Å². The molecular formula is C18H36N2O. The molecule has 2 fully saturated rings. The molecule has 0 aromatic carbocycles. The minimum atomic E-state index is 0.265. The number of hydrogen-bond donors (Lipinski definition) is 1. The first-order valence-corrected chi connectivity index (χ1v) is 9.18. The highest BCUT2D eigenvalue weighted by Gasteiger charge is 2.43.